The summed E-state index contributed by atoms with van der Waals surface area (Å²) in [6.45, 7) is 0.249. The molecule has 0 radical (unpaired) electrons. The van der Waals surface area contributed by atoms with Gasteiger partial charge in [-0.25, -0.2) is 9.97 Å². The van der Waals surface area contributed by atoms with Crippen LogP contribution in [-0.2, 0) is 6.61 Å². The standard InChI is InChI=1S/C24H18Cl2N2O3/c1-30-18-6-3-15(4-7-18)21-12-27-14-28-24(21)20-9-8-19(11-23(20)29)31-13-16-2-5-17(25)10-22(16)26/h2-12,14,29H,13H2,1H3. The first-order valence-corrected chi connectivity index (χ1v) is 10.2. The number of phenolic OH excluding ortho intramolecular Hbond substituents is 1. The average Bonchev–Trinajstić information content (AvgIpc) is 2.79. The van der Waals surface area contributed by atoms with Crippen LogP contribution in [0.3, 0.4) is 0 Å². The molecule has 0 aliphatic heterocycles. The van der Waals surface area contributed by atoms with E-state index in [2.05, 4.69) is 9.97 Å². The molecule has 5 nitrogen and oxygen atoms in total. The molecule has 0 bridgehead atoms. The lowest BCUT2D eigenvalue weighted by molar-refractivity contribution is 0.304. The molecule has 0 amide bonds. The Morgan fingerprint density at radius 3 is 2.39 bits per heavy atom. The number of nitrogens with zero attached hydrogens (tertiary/aromatic N) is 2. The fourth-order valence-electron chi connectivity index (χ4n) is 3.13. The van der Waals surface area contributed by atoms with Gasteiger partial charge in [0, 0.05) is 39.0 Å². The summed E-state index contributed by atoms with van der Waals surface area (Å²) >= 11 is 12.1. The van der Waals surface area contributed by atoms with Crippen molar-refractivity contribution in [3.8, 4) is 39.6 Å². The van der Waals surface area contributed by atoms with Crippen LogP contribution in [0.25, 0.3) is 22.4 Å². The van der Waals surface area contributed by atoms with Crippen LogP contribution in [0.4, 0.5) is 0 Å². The molecule has 4 rings (SSSR count). The van der Waals surface area contributed by atoms with Gasteiger partial charge in [0.25, 0.3) is 0 Å². The van der Waals surface area contributed by atoms with E-state index in [1.807, 2.05) is 24.3 Å². The fourth-order valence-corrected chi connectivity index (χ4v) is 3.59. The Kier molecular flexibility index (Phi) is 6.26. The number of phenols is 1. The predicted molar refractivity (Wildman–Crippen MR) is 122 cm³/mol. The zero-order chi connectivity index (χ0) is 21.8. The Morgan fingerprint density at radius 1 is 0.903 bits per heavy atom. The molecule has 0 saturated heterocycles. The zero-order valence-corrected chi connectivity index (χ0v) is 18.1. The highest BCUT2D eigenvalue weighted by Crippen LogP contribution is 2.37. The fraction of sp³-hybridized carbons (Fsp3) is 0.0833. The first-order chi connectivity index (χ1) is 15.0. The molecule has 156 valence electrons. The smallest absolute Gasteiger partial charge is 0.128 e. The van der Waals surface area contributed by atoms with Gasteiger partial charge in [-0.3, -0.25) is 0 Å². The van der Waals surface area contributed by atoms with Crippen molar-refractivity contribution >= 4 is 23.2 Å². The lowest BCUT2D eigenvalue weighted by atomic mass is 10.00. The maximum absolute atomic E-state index is 10.7. The van der Waals surface area contributed by atoms with E-state index in [4.69, 9.17) is 32.7 Å². The minimum atomic E-state index is 0.0492. The normalized spacial score (nSPS) is 10.7. The van der Waals surface area contributed by atoms with E-state index in [-0.39, 0.29) is 12.4 Å². The SMILES string of the molecule is COc1ccc(-c2cncnc2-c2ccc(OCc3ccc(Cl)cc3Cl)cc2O)cc1. The summed E-state index contributed by atoms with van der Waals surface area (Å²) in [7, 11) is 1.62. The van der Waals surface area contributed by atoms with Gasteiger partial charge >= 0.3 is 0 Å². The van der Waals surface area contributed by atoms with Crippen LogP contribution in [0.2, 0.25) is 10.0 Å². The van der Waals surface area contributed by atoms with Crippen LogP contribution >= 0.6 is 23.2 Å². The number of rotatable bonds is 6. The van der Waals surface area contributed by atoms with Crippen LogP contribution in [0.5, 0.6) is 17.2 Å². The Hall–Kier alpha value is -3.28. The molecule has 0 aliphatic rings. The molecule has 31 heavy (non-hydrogen) atoms. The molecular weight excluding hydrogens is 435 g/mol. The third-order valence-corrected chi connectivity index (χ3v) is 5.33. The molecule has 0 spiro atoms. The van der Waals surface area contributed by atoms with Crippen molar-refractivity contribution in [1.82, 2.24) is 9.97 Å². The van der Waals surface area contributed by atoms with E-state index in [0.29, 0.717) is 27.1 Å². The zero-order valence-electron chi connectivity index (χ0n) is 16.5. The van der Waals surface area contributed by atoms with E-state index in [1.54, 1.807) is 49.7 Å². The van der Waals surface area contributed by atoms with Gasteiger partial charge in [0.05, 0.1) is 12.8 Å². The summed E-state index contributed by atoms with van der Waals surface area (Å²) in [5, 5.41) is 11.8. The average molecular weight is 453 g/mol. The number of methoxy groups -OCH3 is 1. The van der Waals surface area contributed by atoms with Crippen molar-refractivity contribution in [3.05, 3.63) is 88.8 Å². The summed E-state index contributed by atoms with van der Waals surface area (Å²) in [4.78, 5) is 8.54. The van der Waals surface area contributed by atoms with Gasteiger partial charge in [-0.2, -0.15) is 0 Å². The molecule has 7 heteroatoms. The van der Waals surface area contributed by atoms with Crippen molar-refractivity contribution in [3.63, 3.8) is 0 Å². The van der Waals surface area contributed by atoms with E-state index >= 15 is 0 Å². The second-order valence-electron chi connectivity index (χ2n) is 6.72. The molecule has 0 atom stereocenters. The maximum Gasteiger partial charge on any atom is 0.128 e. The Balaban J connectivity index is 1.60. The monoisotopic (exact) mass is 452 g/mol. The van der Waals surface area contributed by atoms with Gasteiger partial charge in [0.2, 0.25) is 0 Å². The molecule has 3 aromatic carbocycles. The third-order valence-electron chi connectivity index (χ3n) is 4.75. The topological polar surface area (TPSA) is 64.5 Å². The van der Waals surface area contributed by atoms with E-state index in [1.165, 1.54) is 6.33 Å². The Morgan fingerprint density at radius 2 is 1.68 bits per heavy atom. The quantitative estimate of drug-likeness (QED) is 0.366. The van der Waals surface area contributed by atoms with Gasteiger partial charge in [0.15, 0.2) is 0 Å². The van der Waals surface area contributed by atoms with Gasteiger partial charge in [0.1, 0.15) is 30.2 Å². The number of benzene rings is 3. The van der Waals surface area contributed by atoms with E-state index in [0.717, 1.165) is 22.4 Å². The first kappa shape index (κ1) is 21.0. The maximum atomic E-state index is 10.7. The number of ether oxygens (including phenoxy) is 2. The van der Waals surface area contributed by atoms with Gasteiger partial charge in [-0.1, -0.05) is 41.4 Å². The largest absolute Gasteiger partial charge is 0.507 e. The van der Waals surface area contributed by atoms with E-state index in [9.17, 15) is 5.11 Å². The van der Waals surface area contributed by atoms with Crippen LogP contribution in [0.15, 0.2) is 73.2 Å². The van der Waals surface area contributed by atoms with Crippen molar-refractivity contribution in [2.24, 2.45) is 0 Å². The summed E-state index contributed by atoms with van der Waals surface area (Å²) < 4.78 is 11.0. The molecule has 0 aliphatic carbocycles. The molecular formula is C24H18Cl2N2O3. The van der Waals surface area contributed by atoms with Crippen molar-refractivity contribution in [1.29, 1.82) is 0 Å². The molecule has 0 fully saturated rings. The molecule has 0 unspecified atom stereocenters. The summed E-state index contributed by atoms with van der Waals surface area (Å²) in [6, 6.07) is 17.9. The summed E-state index contributed by atoms with van der Waals surface area (Å²) in [6.07, 6.45) is 3.17. The van der Waals surface area contributed by atoms with Crippen LogP contribution < -0.4 is 9.47 Å². The lowest BCUT2D eigenvalue weighted by Gasteiger charge is -2.12. The van der Waals surface area contributed by atoms with Gasteiger partial charge in [-0.05, 0) is 42.0 Å². The molecule has 4 aromatic rings. The van der Waals surface area contributed by atoms with Gasteiger partial charge < -0.3 is 14.6 Å². The Bertz CT molecular complexity index is 1210. The summed E-state index contributed by atoms with van der Waals surface area (Å²) in [5.74, 6) is 1.31. The predicted octanol–water partition coefficient (Wildman–Crippen LogP) is 6.41. The second kappa shape index (κ2) is 9.25. The number of aromatic hydroxyl groups is 1. The highest BCUT2D eigenvalue weighted by molar-refractivity contribution is 6.35. The van der Waals surface area contributed by atoms with Crippen molar-refractivity contribution < 1.29 is 14.6 Å². The van der Waals surface area contributed by atoms with Crippen molar-refractivity contribution in [2.45, 2.75) is 6.61 Å². The molecule has 1 aromatic heterocycles. The van der Waals surface area contributed by atoms with Crippen LogP contribution in [-0.4, -0.2) is 22.2 Å². The third kappa shape index (κ3) is 4.74. The molecule has 1 heterocycles. The highest BCUT2D eigenvalue weighted by Gasteiger charge is 2.14. The summed E-state index contributed by atoms with van der Waals surface area (Å²) in [5.41, 5.74) is 3.69. The second-order valence-corrected chi connectivity index (χ2v) is 7.56. The minimum absolute atomic E-state index is 0.0492. The number of aromatic nitrogens is 2. The van der Waals surface area contributed by atoms with Crippen LogP contribution in [0, 0.1) is 0 Å². The Labute approximate surface area is 189 Å². The number of hydrogen-bond acceptors (Lipinski definition) is 5. The first-order valence-electron chi connectivity index (χ1n) is 9.39. The highest BCUT2D eigenvalue weighted by atomic mass is 35.5. The van der Waals surface area contributed by atoms with Crippen LogP contribution in [0.1, 0.15) is 5.56 Å². The molecule has 1 N–H and O–H groups in total. The van der Waals surface area contributed by atoms with Gasteiger partial charge in [-0.15, -0.1) is 0 Å². The van der Waals surface area contributed by atoms with E-state index < -0.39 is 0 Å². The minimum Gasteiger partial charge on any atom is -0.507 e. The number of halogens is 2. The molecule has 0 saturated carbocycles. The number of hydrogen-bond donors (Lipinski definition) is 1. The van der Waals surface area contributed by atoms with Crippen molar-refractivity contribution in [2.75, 3.05) is 7.11 Å². The lowest BCUT2D eigenvalue weighted by Crippen LogP contribution is -1.97.